The molecule has 0 aliphatic heterocycles. The van der Waals surface area contributed by atoms with Gasteiger partial charge >= 0.3 is 5.97 Å². The minimum atomic E-state index is -0.757. The molecule has 0 amide bonds. The Morgan fingerprint density at radius 2 is 1.24 bits per heavy atom. The zero-order chi connectivity index (χ0) is 40.7. The summed E-state index contributed by atoms with van der Waals surface area (Å²) in [5, 5.41) is 19.9. The Labute approximate surface area is 352 Å². The number of carbonyl (C=O) groups is 2. The maximum Gasteiger partial charge on any atom is 0.308 e. The largest absolute Gasteiger partial charge is 0.481 e. The molecule has 6 rings (SSSR count). The smallest absolute Gasteiger partial charge is 0.308 e. The predicted octanol–water partition coefficient (Wildman–Crippen LogP) is 10.3. The summed E-state index contributed by atoms with van der Waals surface area (Å²) in [4.78, 5) is 54.6. The van der Waals surface area contributed by atoms with Gasteiger partial charge in [-0.25, -0.2) is 4.68 Å². The SMILES string of the molecule is CC(C)(C)C(=O)O.CC(C)(C)C(=O)n1nc(-c2cc(Br)c[nH]c2=O)cc1CCc1ccc(Cl)s1.O=c1[nH]cc(Br)cc1-c1cc(CCc2ccc(Cl)s2)[nH]n1. The molecule has 6 aromatic rings. The van der Waals surface area contributed by atoms with Crippen LogP contribution in [0.25, 0.3) is 22.5 Å². The van der Waals surface area contributed by atoms with Gasteiger partial charge in [0, 0.05) is 47.9 Å². The molecule has 6 aromatic heterocycles. The summed E-state index contributed by atoms with van der Waals surface area (Å²) in [6, 6.07) is 15.0. The van der Waals surface area contributed by atoms with E-state index in [4.69, 9.17) is 28.3 Å². The van der Waals surface area contributed by atoms with Gasteiger partial charge in [0.25, 0.3) is 17.0 Å². The molecular formula is C38H40Br2Cl2N6O5S2. The summed E-state index contributed by atoms with van der Waals surface area (Å²) in [5.74, 6) is -0.869. The lowest BCUT2D eigenvalue weighted by atomic mass is 9.95. The number of aromatic amines is 3. The molecule has 0 unspecified atom stereocenters. The Morgan fingerprint density at radius 3 is 1.69 bits per heavy atom. The molecule has 0 radical (unpaired) electrons. The van der Waals surface area contributed by atoms with Gasteiger partial charge in [-0.2, -0.15) is 10.2 Å². The van der Waals surface area contributed by atoms with Crippen molar-refractivity contribution in [3.8, 4) is 22.5 Å². The molecule has 0 atom stereocenters. The number of H-pyrrole nitrogens is 3. The number of aromatic nitrogens is 6. The molecule has 0 aliphatic carbocycles. The zero-order valence-electron chi connectivity index (χ0n) is 30.9. The van der Waals surface area contributed by atoms with E-state index in [2.05, 4.69) is 57.1 Å². The highest BCUT2D eigenvalue weighted by Gasteiger charge is 2.27. The topological polar surface area (TPSA) is 167 Å². The summed E-state index contributed by atoms with van der Waals surface area (Å²) in [7, 11) is 0. The first-order chi connectivity index (χ1) is 25.7. The Bertz CT molecular complexity index is 2380. The van der Waals surface area contributed by atoms with Crippen molar-refractivity contribution in [2.75, 3.05) is 0 Å². The fourth-order valence-corrected chi connectivity index (χ4v) is 7.49. The first-order valence-corrected chi connectivity index (χ1v) is 20.9. The number of rotatable bonds is 8. The number of carboxylic acid groups (broad SMARTS) is 1. The Morgan fingerprint density at radius 1 is 0.745 bits per heavy atom. The number of halogens is 4. The molecule has 0 spiro atoms. The van der Waals surface area contributed by atoms with Crippen molar-refractivity contribution >= 4 is 89.6 Å². The molecular weight excluding hydrogens is 915 g/mol. The van der Waals surface area contributed by atoms with Crippen LogP contribution >= 0.6 is 77.7 Å². The van der Waals surface area contributed by atoms with Crippen molar-refractivity contribution in [1.82, 2.24) is 29.9 Å². The van der Waals surface area contributed by atoms with Crippen molar-refractivity contribution in [2.24, 2.45) is 10.8 Å². The summed E-state index contributed by atoms with van der Waals surface area (Å²) < 4.78 is 4.53. The van der Waals surface area contributed by atoms with Crippen LogP contribution in [0, 0.1) is 10.8 Å². The van der Waals surface area contributed by atoms with E-state index in [-0.39, 0.29) is 17.0 Å². The van der Waals surface area contributed by atoms with Gasteiger partial charge in [0.15, 0.2) is 0 Å². The van der Waals surface area contributed by atoms with Crippen LogP contribution in [0.15, 0.2) is 79.5 Å². The maximum atomic E-state index is 12.9. The van der Waals surface area contributed by atoms with E-state index < -0.39 is 16.8 Å². The molecule has 0 saturated heterocycles. The zero-order valence-corrected chi connectivity index (χ0v) is 37.2. The number of hydrogen-bond acceptors (Lipinski definition) is 8. The van der Waals surface area contributed by atoms with E-state index in [0.717, 1.165) is 53.1 Å². The molecule has 6 heterocycles. The minimum absolute atomic E-state index is 0.112. The van der Waals surface area contributed by atoms with Gasteiger partial charge < -0.3 is 15.1 Å². The van der Waals surface area contributed by atoms with E-state index in [1.807, 2.05) is 57.2 Å². The van der Waals surface area contributed by atoms with Crippen molar-refractivity contribution in [3.05, 3.63) is 120 Å². The number of aliphatic carboxylic acids is 1. The third-order valence-electron chi connectivity index (χ3n) is 7.70. The second-order valence-electron chi connectivity index (χ2n) is 14.4. The summed E-state index contributed by atoms with van der Waals surface area (Å²) in [5.41, 5.74) is 2.29. The van der Waals surface area contributed by atoms with Gasteiger partial charge in [-0.3, -0.25) is 24.3 Å². The van der Waals surface area contributed by atoms with Gasteiger partial charge in [-0.15, -0.1) is 22.7 Å². The number of pyridine rings is 2. The van der Waals surface area contributed by atoms with Gasteiger partial charge in [-0.05, 0) is 127 Å². The van der Waals surface area contributed by atoms with Crippen LogP contribution in [0.5, 0.6) is 0 Å². The van der Waals surface area contributed by atoms with Crippen LogP contribution in [0.2, 0.25) is 8.67 Å². The van der Waals surface area contributed by atoms with Gasteiger partial charge in [0.05, 0.1) is 36.6 Å². The lowest BCUT2D eigenvalue weighted by molar-refractivity contribution is -0.145. The number of carboxylic acids is 1. The molecule has 0 bridgehead atoms. The highest BCUT2D eigenvalue weighted by atomic mass is 79.9. The van der Waals surface area contributed by atoms with Gasteiger partial charge in [0.1, 0.15) is 0 Å². The van der Waals surface area contributed by atoms with Crippen LogP contribution in [-0.4, -0.2) is 46.9 Å². The number of hydrogen-bond donors (Lipinski definition) is 4. The highest BCUT2D eigenvalue weighted by Crippen LogP contribution is 2.27. The van der Waals surface area contributed by atoms with Crippen molar-refractivity contribution in [1.29, 1.82) is 0 Å². The highest BCUT2D eigenvalue weighted by molar-refractivity contribution is 9.10. The van der Waals surface area contributed by atoms with E-state index in [1.165, 1.54) is 20.9 Å². The summed E-state index contributed by atoms with van der Waals surface area (Å²) in [6.07, 6.45) is 6.28. The van der Waals surface area contributed by atoms with Crippen LogP contribution in [0.1, 0.15) is 67.5 Å². The normalized spacial score (nSPS) is 11.4. The Kier molecular flexibility index (Phi) is 15.3. The van der Waals surface area contributed by atoms with Gasteiger partial charge in [0.2, 0.25) is 0 Å². The van der Waals surface area contributed by atoms with Crippen molar-refractivity contribution in [3.63, 3.8) is 0 Å². The average molecular weight is 956 g/mol. The minimum Gasteiger partial charge on any atom is -0.481 e. The first-order valence-electron chi connectivity index (χ1n) is 16.9. The standard InChI is InChI=1S/C19H19BrClN3O2S.C14H11BrClN3OS.C5H10O2/c1-19(2,3)18(26)24-12(4-5-13-6-7-16(21)27-13)9-15(23-24)14-8-11(20)10-22-17(14)25;15-8-5-11(14(20)17-7-8)12-6-9(18-19-12)1-2-10-3-4-13(16)21-10;1-5(2,3)4(6)7/h6-10H,4-5H2,1-3H3,(H,22,25);3-7H,1-2H2,(H,17,20)(H,18,19);1-3H3,(H,6,7). The fourth-order valence-electron chi connectivity index (χ4n) is 4.63. The second-order valence-corrected chi connectivity index (χ2v) is 19.8. The fraction of sp³-hybridized carbons (Fsp3) is 0.316. The summed E-state index contributed by atoms with van der Waals surface area (Å²) >= 11 is 21.7. The Balaban J connectivity index is 0.000000213. The number of carbonyl (C=O) groups excluding carboxylic acids is 1. The van der Waals surface area contributed by atoms with Crippen molar-refractivity contribution < 1.29 is 14.7 Å². The monoisotopic (exact) mass is 952 g/mol. The predicted molar refractivity (Wildman–Crippen MR) is 229 cm³/mol. The van der Waals surface area contributed by atoms with Crippen LogP contribution in [0.4, 0.5) is 0 Å². The number of nitrogens with one attached hydrogen (secondary N) is 3. The molecule has 11 nitrogen and oxygen atoms in total. The second kappa shape index (κ2) is 19.0. The number of nitrogens with zero attached hydrogens (tertiary/aromatic N) is 3. The molecule has 292 valence electrons. The van der Waals surface area contributed by atoms with E-state index in [9.17, 15) is 19.2 Å². The molecule has 55 heavy (non-hydrogen) atoms. The molecule has 0 fully saturated rings. The third kappa shape index (κ3) is 13.0. The lowest BCUT2D eigenvalue weighted by Crippen LogP contribution is -2.29. The first kappa shape index (κ1) is 44.1. The molecule has 17 heteroatoms. The Hall–Kier alpha value is -3.60. The molecule has 4 N–H and O–H groups in total. The van der Waals surface area contributed by atoms with Crippen molar-refractivity contribution in [2.45, 2.75) is 67.2 Å². The quantitative estimate of drug-likeness (QED) is 0.118. The van der Waals surface area contributed by atoms with Gasteiger partial charge in [-0.1, -0.05) is 44.0 Å². The molecule has 0 aromatic carbocycles. The third-order valence-corrected chi connectivity index (χ3v) is 11.2. The van der Waals surface area contributed by atoms with Crippen LogP contribution in [-0.2, 0) is 30.5 Å². The van der Waals surface area contributed by atoms with E-state index in [1.54, 1.807) is 56.6 Å². The van der Waals surface area contributed by atoms with E-state index >= 15 is 0 Å². The molecule has 0 aliphatic rings. The lowest BCUT2D eigenvalue weighted by Gasteiger charge is -2.17. The van der Waals surface area contributed by atoms with E-state index in [0.29, 0.717) is 28.9 Å². The summed E-state index contributed by atoms with van der Waals surface area (Å²) in [6.45, 7) is 10.5. The average Bonchev–Trinajstić information content (AvgIpc) is 3.92. The maximum absolute atomic E-state index is 12.9. The number of thiophene rings is 2. The molecule has 0 saturated carbocycles. The van der Waals surface area contributed by atoms with Crippen LogP contribution < -0.4 is 11.1 Å². The number of aryl methyl sites for hydroxylation is 4. The van der Waals surface area contributed by atoms with Crippen LogP contribution in [0.3, 0.4) is 0 Å².